The molecular formula is C9H17NO. The molecule has 64 valence electrons. The Morgan fingerprint density at radius 3 is 2.55 bits per heavy atom. The van der Waals surface area contributed by atoms with E-state index in [-0.39, 0.29) is 5.91 Å². The van der Waals surface area contributed by atoms with Gasteiger partial charge in [0.05, 0.1) is 0 Å². The van der Waals surface area contributed by atoms with E-state index in [0.717, 1.165) is 6.54 Å². The average molecular weight is 155 g/mol. The molecule has 2 heteroatoms. The SMILES string of the molecule is CC(=O)N1CCC1CC(C)C. The van der Waals surface area contributed by atoms with Gasteiger partial charge in [0.1, 0.15) is 0 Å². The van der Waals surface area contributed by atoms with Gasteiger partial charge in [-0.1, -0.05) is 13.8 Å². The molecule has 0 radical (unpaired) electrons. The predicted octanol–water partition coefficient (Wildman–Crippen LogP) is 1.65. The summed E-state index contributed by atoms with van der Waals surface area (Å²) in [7, 11) is 0. The van der Waals surface area contributed by atoms with Crippen LogP contribution in [0.5, 0.6) is 0 Å². The number of carbonyl (C=O) groups is 1. The molecule has 0 spiro atoms. The van der Waals surface area contributed by atoms with Crippen LogP contribution in [0.25, 0.3) is 0 Å². The number of hydrogen-bond donors (Lipinski definition) is 0. The second-order valence-electron chi connectivity index (χ2n) is 3.78. The number of hydrogen-bond acceptors (Lipinski definition) is 1. The van der Waals surface area contributed by atoms with Crippen molar-refractivity contribution in [1.82, 2.24) is 4.90 Å². The van der Waals surface area contributed by atoms with Crippen LogP contribution in [0.15, 0.2) is 0 Å². The fourth-order valence-corrected chi connectivity index (χ4v) is 1.64. The van der Waals surface area contributed by atoms with E-state index in [0.29, 0.717) is 12.0 Å². The van der Waals surface area contributed by atoms with Crippen LogP contribution in [0.2, 0.25) is 0 Å². The molecule has 0 saturated carbocycles. The van der Waals surface area contributed by atoms with E-state index in [1.165, 1.54) is 12.8 Å². The van der Waals surface area contributed by atoms with Crippen LogP contribution in [-0.4, -0.2) is 23.4 Å². The molecule has 1 fully saturated rings. The van der Waals surface area contributed by atoms with Gasteiger partial charge < -0.3 is 4.90 Å². The number of carbonyl (C=O) groups excluding carboxylic acids is 1. The van der Waals surface area contributed by atoms with Gasteiger partial charge in [0.2, 0.25) is 5.91 Å². The molecule has 0 aromatic heterocycles. The molecule has 1 rings (SSSR count). The molecule has 1 aliphatic heterocycles. The third-order valence-corrected chi connectivity index (χ3v) is 2.29. The van der Waals surface area contributed by atoms with E-state index in [9.17, 15) is 4.79 Å². The number of nitrogens with zero attached hydrogens (tertiary/aromatic N) is 1. The molecule has 2 nitrogen and oxygen atoms in total. The summed E-state index contributed by atoms with van der Waals surface area (Å²) in [6.45, 7) is 7.05. The molecule has 0 bridgehead atoms. The summed E-state index contributed by atoms with van der Waals surface area (Å²) in [6.07, 6.45) is 2.37. The largest absolute Gasteiger partial charge is 0.340 e. The molecule has 0 aromatic rings. The van der Waals surface area contributed by atoms with Crippen LogP contribution in [0.1, 0.15) is 33.6 Å². The molecule has 1 aliphatic rings. The van der Waals surface area contributed by atoms with Crippen LogP contribution in [0, 0.1) is 5.92 Å². The quantitative estimate of drug-likeness (QED) is 0.594. The fraction of sp³-hybridized carbons (Fsp3) is 0.889. The van der Waals surface area contributed by atoms with Crippen molar-refractivity contribution in [2.24, 2.45) is 5.92 Å². The highest BCUT2D eigenvalue weighted by atomic mass is 16.2. The Balaban J connectivity index is 2.31. The maximum atomic E-state index is 10.9. The summed E-state index contributed by atoms with van der Waals surface area (Å²) < 4.78 is 0. The second-order valence-corrected chi connectivity index (χ2v) is 3.78. The van der Waals surface area contributed by atoms with E-state index in [1.807, 2.05) is 4.90 Å². The van der Waals surface area contributed by atoms with Crippen molar-refractivity contribution in [3.8, 4) is 0 Å². The van der Waals surface area contributed by atoms with E-state index < -0.39 is 0 Å². The first kappa shape index (κ1) is 8.57. The zero-order valence-electron chi connectivity index (χ0n) is 7.63. The van der Waals surface area contributed by atoms with E-state index >= 15 is 0 Å². The first-order valence-corrected chi connectivity index (χ1v) is 4.38. The maximum Gasteiger partial charge on any atom is 0.219 e. The normalized spacial score (nSPS) is 23.6. The van der Waals surface area contributed by atoms with Gasteiger partial charge in [-0.05, 0) is 18.8 Å². The van der Waals surface area contributed by atoms with Crippen LogP contribution in [-0.2, 0) is 4.79 Å². The van der Waals surface area contributed by atoms with Crippen LogP contribution in [0.3, 0.4) is 0 Å². The molecule has 1 unspecified atom stereocenters. The summed E-state index contributed by atoms with van der Waals surface area (Å²) in [6, 6.07) is 0.549. The highest BCUT2D eigenvalue weighted by Gasteiger charge is 2.29. The zero-order valence-corrected chi connectivity index (χ0v) is 7.63. The minimum atomic E-state index is 0.238. The van der Waals surface area contributed by atoms with Gasteiger partial charge in [-0.15, -0.1) is 0 Å². The zero-order chi connectivity index (χ0) is 8.43. The Hall–Kier alpha value is -0.530. The Bertz CT molecular complexity index is 154. The molecular weight excluding hydrogens is 138 g/mol. The molecule has 1 atom stereocenters. The number of rotatable bonds is 2. The highest BCUT2D eigenvalue weighted by molar-refractivity contribution is 5.74. The minimum absolute atomic E-state index is 0.238. The Labute approximate surface area is 68.6 Å². The van der Waals surface area contributed by atoms with Crippen molar-refractivity contribution in [2.75, 3.05) is 6.54 Å². The molecule has 11 heavy (non-hydrogen) atoms. The van der Waals surface area contributed by atoms with Crippen molar-refractivity contribution in [3.05, 3.63) is 0 Å². The van der Waals surface area contributed by atoms with Crippen LogP contribution in [0.4, 0.5) is 0 Å². The lowest BCUT2D eigenvalue weighted by Gasteiger charge is -2.41. The van der Waals surface area contributed by atoms with Gasteiger partial charge in [0.15, 0.2) is 0 Å². The Kier molecular flexibility index (Phi) is 2.53. The standard InChI is InChI=1S/C9H17NO/c1-7(2)6-9-4-5-10(9)8(3)11/h7,9H,4-6H2,1-3H3. The number of amides is 1. The summed E-state index contributed by atoms with van der Waals surface area (Å²) in [5, 5.41) is 0. The highest BCUT2D eigenvalue weighted by Crippen LogP contribution is 2.23. The van der Waals surface area contributed by atoms with Crippen molar-refractivity contribution in [1.29, 1.82) is 0 Å². The monoisotopic (exact) mass is 155 g/mol. The van der Waals surface area contributed by atoms with Crippen molar-refractivity contribution in [2.45, 2.75) is 39.7 Å². The lowest BCUT2D eigenvalue weighted by Crippen LogP contribution is -2.50. The predicted molar refractivity (Wildman–Crippen MR) is 45.2 cm³/mol. The van der Waals surface area contributed by atoms with Gasteiger partial charge in [-0.3, -0.25) is 4.79 Å². The summed E-state index contributed by atoms with van der Waals surface area (Å²) in [4.78, 5) is 12.9. The smallest absolute Gasteiger partial charge is 0.219 e. The first-order valence-electron chi connectivity index (χ1n) is 4.38. The molecule has 0 aromatic carbocycles. The summed E-state index contributed by atoms with van der Waals surface area (Å²) in [5.41, 5.74) is 0. The van der Waals surface area contributed by atoms with Crippen molar-refractivity contribution in [3.63, 3.8) is 0 Å². The van der Waals surface area contributed by atoms with E-state index in [4.69, 9.17) is 0 Å². The van der Waals surface area contributed by atoms with Crippen LogP contribution < -0.4 is 0 Å². The summed E-state index contributed by atoms with van der Waals surface area (Å²) in [5.74, 6) is 0.948. The van der Waals surface area contributed by atoms with Crippen molar-refractivity contribution < 1.29 is 4.79 Å². The van der Waals surface area contributed by atoms with Gasteiger partial charge >= 0.3 is 0 Å². The maximum absolute atomic E-state index is 10.9. The number of likely N-dealkylation sites (tertiary alicyclic amines) is 1. The van der Waals surface area contributed by atoms with Gasteiger partial charge in [-0.2, -0.15) is 0 Å². The van der Waals surface area contributed by atoms with Gasteiger partial charge in [0, 0.05) is 19.5 Å². The summed E-state index contributed by atoms with van der Waals surface area (Å²) >= 11 is 0. The van der Waals surface area contributed by atoms with Gasteiger partial charge in [-0.25, -0.2) is 0 Å². The van der Waals surface area contributed by atoms with E-state index in [2.05, 4.69) is 13.8 Å². The van der Waals surface area contributed by atoms with E-state index in [1.54, 1.807) is 6.92 Å². The average Bonchev–Trinajstić information content (AvgIpc) is 1.78. The minimum Gasteiger partial charge on any atom is -0.340 e. The molecule has 1 heterocycles. The second kappa shape index (κ2) is 3.24. The molecule has 1 saturated heterocycles. The first-order chi connectivity index (χ1) is 5.11. The van der Waals surface area contributed by atoms with Gasteiger partial charge in [0.25, 0.3) is 0 Å². The Morgan fingerprint density at radius 2 is 2.27 bits per heavy atom. The Morgan fingerprint density at radius 1 is 1.64 bits per heavy atom. The molecule has 0 N–H and O–H groups in total. The van der Waals surface area contributed by atoms with Crippen LogP contribution >= 0.6 is 0 Å². The topological polar surface area (TPSA) is 20.3 Å². The van der Waals surface area contributed by atoms with Crippen molar-refractivity contribution >= 4 is 5.91 Å². The third kappa shape index (κ3) is 1.95. The lowest BCUT2D eigenvalue weighted by molar-refractivity contribution is -0.136. The lowest BCUT2D eigenvalue weighted by atomic mass is 9.93. The third-order valence-electron chi connectivity index (χ3n) is 2.29. The molecule has 0 aliphatic carbocycles. The molecule has 1 amide bonds. The fourth-order valence-electron chi connectivity index (χ4n) is 1.64.